The normalized spacial score (nSPS) is 39.3. The molecule has 3 saturated heterocycles. The van der Waals surface area contributed by atoms with Crippen LogP contribution in [0.15, 0.2) is 0 Å². The van der Waals surface area contributed by atoms with Gasteiger partial charge in [-0.25, -0.2) is 8.42 Å². The van der Waals surface area contributed by atoms with Crippen LogP contribution >= 0.6 is 0 Å². The Labute approximate surface area is 127 Å². The molecule has 3 atom stereocenters. The highest BCUT2D eigenvalue weighted by molar-refractivity contribution is 7.89. The van der Waals surface area contributed by atoms with Crippen molar-refractivity contribution in [3.8, 4) is 0 Å². The van der Waals surface area contributed by atoms with Crippen molar-refractivity contribution in [2.24, 2.45) is 5.41 Å². The van der Waals surface area contributed by atoms with Crippen LogP contribution in [0.3, 0.4) is 0 Å². The third-order valence-electron chi connectivity index (χ3n) is 5.85. The first kappa shape index (κ1) is 14.4. The second kappa shape index (κ2) is 5.18. The van der Waals surface area contributed by atoms with E-state index in [1.165, 1.54) is 19.3 Å². The van der Waals surface area contributed by atoms with Gasteiger partial charge in [-0.2, -0.15) is 4.31 Å². The zero-order valence-electron chi connectivity index (χ0n) is 12.5. The van der Waals surface area contributed by atoms with Gasteiger partial charge in [0.05, 0.1) is 24.0 Å². The fourth-order valence-electron chi connectivity index (χ4n) is 4.59. The highest BCUT2D eigenvalue weighted by Crippen LogP contribution is 2.56. The van der Waals surface area contributed by atoms with Crippen LogP contribution < -0.4 is 0 Å². The topological polar surface area (TPSA) is 55.8 Å². The molecule has 0 aromatic rings. The second-order valence-electron chi connectivity index (χ2n) is 7.17. The van der Waals surface area contributed by atoms with Crippen molar-refractivity contribution in [2.45, 2.75) is 63.2 Å². The molecule has 5 nitrogen and oxygen atoms in total. The molecule has 3 aliphatic heterocycles. The van der Waals surface area contributed by atoms with Crippen LogP contribution in [0.25, 0.3) is 0 Å². The van der Waals surface area contributed by atoms with Crippen LogP contribution in [-0.2, 0) is 19.5 Å². The number of sulfonamides is 1. The molecule has 0 amide bonds. The Morgan fingerprint density at radius 1 is 1.05 bits per heavy atom. The van der Waals surface area contributed by atoms with Gasteiger partial charge in [0, 0.05) is 25.2 Å². The maximum Gasteiger partial charge on any atom is 0.217 e. The van der Waals surface area contributed by atoms with Crippen molar-refractivity contribution in [1.29, 1.82) is 0 Å². The Hall–Kier alpha value is -0.170. The standard InChI is InChI=1S/C15H25NO4S/c17-21(18,10-12-4-1-8-19-12)16-11-15(6-3-7-15)14(16)13-5-2-9-20-13/h12-14H,1-11H2. The summed E-state index contributed by atoms with van der Waals surface area (Å²) < 4.78 is 38.6. The molecule has 0 N–H and O–H groups in total. The molecule has 1 aliphatic carbocycles. The summed E-state index contributed by atoms with van der Waals surface area (Å²) in [5, 5.41) is 0. The summed E-state index contributed by atoms with van der Waals surface area (Å²) in [5.41, 5.74) is 0.235. The first-order valence-corrected chi connectivity index (χ1v) is 9.94. The lowest BCUT2D eigenvalue weighted by atomic mass is 9.58. The minimum atomic E-state index is -3.21. The molecule has 3 heterocycles. The Morgan fingerprint density at radius 3 is 2.38 bits per heavy atom. The number of hydrogen-bond acceptors (Lipinski definition) is 4. The van der Waals surface area contributed by atoms with Crippen LogP contribution in [0.4, 0.5) is 0 Å². The summed E-state index contributed by atoms with van der Waals surface area (Å²) >= 11 is 0. The first-order valence-electron chi connectivity index (χ1n) is 8.34. The summed E-state index contributed by atoms with van der Waals surface area (Å²) in [6, 6.07) is 0.0974. The average molecular weight is 315 g/mol. The van der Waals surface area contributed by atoms with Crippen molar-refractivity contribution in [3.63, 3.8) is 0 Å². The third kappa shape index (κ3) is 2.35. The van der Waals surface area contributed by atoms with Crippen LogP contribution in [0.1, 0.15) is 44.9 Å². The lowest BCUT2D eigenvalue weighted by Crippen LogP contribution is -2.72. The molecular weight excluding hydrogens is 290 g/mol. The lowest BCUT2D eigenvalue weighted by Gasteiger charge is -2.63. The van der Waals surface area contributed by atoms with E-state index in [-0.39, 0.29) is 29.4 Å². The fraction of sp³-hybridized carbons (Fsp3) is 1.00. The number of rotatable bonds is 4. The molecule has 4 aliphatic rings. The van der Waals surface area contributed by atoms with E-state index >= 15 is 0 Å². The van der Waals surface area contributed by atoms with Gasteiger partial charge in [-0.1, -0.05) is 6.42 Å². The van der Waals surface area contributed by atoms with Gasteiger partial charge in [0.1, 0.15) is 0 Å². The molecule has 3 unspecified atom stereocenters. The number of nitrogens with zero attached hydrogens (tertiary/aromatic N) is 1. The molecule has 0 radical (unpaired) electrons. The van der Waals surface area contributed by atoms with Gasteiger partial charge in [0.15, 0.2) is 0 Å². The average Bonchev–Trinajstić information content (AvgIpc) is 2.98. The molecule has 0 aromatic carbocycles. The Bertz CT molecular complexity index is 490. The first-order chi connectivity index (χ1) is 10.1. The highest BCUT2D eigenvalue weighted by atomic mass is 32.2. The van der Waals surface area contributed by atoms with Crippen molar-refractivity contribution in [2.75, 3.05) is 25.5 Å². The number of hydrogen-bond donors (Lipinski definition) is 0. The van der Waals surface area contributed by atoms with E-state index in [2.05, 4.69) is 0 Å². The largest absolute Gasteiger partial charge is 0.377 e. The second-order valence-corrected chi connectivity index (χ2v) is 9.14. The van der Waals surface area contributed by atoms with Gasteiger partial charge < -0.3 is 9.47 Å². The third-order valence-corrected chi connectivity index (χ3v) is 7.72. The van der Waals surface area contributed by atoms with E-state index in [4.69, 9.17) is 9.47 Å². The van der Waals surface area contributed by atoms with Gasteiger partial charge in [0.2, 0.25) is 10.0 Å². The molecule has 1 spiro atoms. The van der Waals surface area contributed by atoms with Gasteiger partial charge in [-0.3, -0.25) is 0 Å². The summed E-state index contributed by atoms with van der Waals surface area (Å²) in [6.45, 7) is 2.21. The van der Waals surface area contributed by atoms with Gasteiger partial charge in [0.25, 0.3) is 0 Å². The Kier molecular flexibility index (Phi) is 3.56. The molecule has 120 valence electrons. The molecule has 4 rings (SSSR count). The summed E-state index contributed by atoms with van der Waals surface area (Å²) in [6.07, 6.45) is 7.55. The van der Waals surface area contributed by atoms with Crippen molar-refractivity contribution in [1.82, 2.24) is 4.31 Å². The van der Waals surface area contributed by atoms with Crippen LogP contribution in [0.2, 0.25) is 0 Å². The molecule has 0 bridgehead atoms. The predicted octanol–water partition coefficient (Wildman–Crippen LogP) is 1.53. The smallest absolute Gasteiger partial charge is 0.217 e. The molecular formula is C15H25NO4S. The van der Waals surface area contributed by atoms with Gasteiger partial charge >= 0.3 is 0 Å². The molecule has 0 aromatic heterocycles. The predicted molar refractivity (Wildman–Crippen MR) is 78.5 cm³/mol. The monoisotopic (exact) mass is 315 g/mol. The van der Waals surface area contributed by atoms with E-state index in [1.54, 1.807) is 4.31 Å². The van der Waals surface area contributed by atoms with Crippen LogP contribution in [0, 0.1) is 5.41 Å². The van der Waals surface area contributed by atoms with E-state index < -0.39 is 10.0 Å². The zero-order chi connectivity index (χ0) is 14.5. The van der Waals surface area contributed by atoms with Gasteiger partial charge in [-0.05, 0) is 38.5 Å². The molecule has 1 saturated carbocycles. The van der Waals surface area contributed by atoms with Crippen molar-refractivity contribution >= 4 is 10.0 Å². The summed E-state index contributed by atoms with van der Waals surface area (Å²) in [4.78, 5) is 0. The molecule has 21 heavy (non-hydrogen) atoms. The van der Waals surface area contributed by atoms with Crippen LogP contribution in [-0.4, -0.2) is 56.5 Å². The lowest BCUT2D eigenvalue weighted by molar-refractivity contribution is -0.132. The summed E-state index contributed by atoms with van der Waals surface area (Å²) in [7, 11) is -3.21. The minimum Gasteiger partial charge on any atom is -0.377 e. The Balaban J connectivity index is 1.50. The minimum absolute atomic E-state index is 0.0974. The van der Waals surface area contributed by atoms with Crippen molar-refractivity contribution in [3.05, 3.63) is 0 Å². The summed E-state index contributed by atoms with van der Waals surface area (Å²) in [5.74, 6) is 0.159. The van der Waals surface area contributed by atoms with Crippen molar-refractivity contribution < 1.29 is 17.9 Å². The van der Waals surface area contributed by atoms with E-state index in [1.807, 2.05) is 0 Å². The van der Waals surface area contributed by atoms with E-state index in [9.17, 15) is 8.42 Å². The zero-order valence-corrected chi connectivity index (χ0v) is 13.3. The van der Waals surface area contributed by atoms with E-state index in [0.29, 0.717) is 13.2 Å². The van der Waals surface area contributed by atoms with Gasteiger partial charge in [-0.15, -0.1) is 0 Å². The quantitative estimate of drug-likeness (QED) is 0.789. The van der Waals surface area contributed by atoms with E-state index in [0.717, 1.165) is 32.3 Å². The Morgan fingerprint density at radius 2 is 1.81 bits per heavy atom. The fourth-order valence-corrected chi connectivity index (χ4v) is 6.67. The molecule has 6 heteroatoms. The number of ether oxygens (including phenoxy) is 2. The maximum atomic E-state index is 12.8. The highest BCUT2D eigenvalue weighted by Gasteiger charge is 2.62. The van der Waals surface area contributed by atoms with Crippen LogP contribution in [0.5, 0.6) is 0 Å². The molecule has 4 fully saturated rings. The maximum absolute atomic E-state index is 12.8. The SMILES string of the molecule is O=S(=O)(CC1CCCO1)N1CC2(CCC2)C1C1CCCO1.